The Morgan fingerprint density at radius 2 is 1.91 bits per heavy atom. The number of carbonyl (C=O) groups is 2. The summed E-state index contributed by atoms with van der Waals surface area (Å²) in [6.07, 6.45) is 0.412. The van der Waals surface area contributed by atoms with Crippen LogP contribution in [0.5, 0.6) is 0 Å². The number of amides is 2. The average Bonchev–Trinajstić information content (AvgIpc) is 3.48. The third kappa shape index (κ3) is 3.64. The number of carbonyl (C=O) groups excluding carboxylic acids is 2. The van der Waals surface area contributed by atoms with Gasteiger partial charge in [0.2, 0.25) is 5.91 Å². The maximum Gasteiger partial charge on any atom is 0.419 e. The summed E-state index contributed by atoms with van der Waals surface area (Å²) in [6, 6.07) is 1.29. The van der Waals surface area contributed by atoms with Crippen LogP contribution in [0, 0.1) is 5.41 Å². The first kappa shape index (κ1) is 21.6. The molecule has 172 valence electrons. The van der Waals surface area contributed by atoms with Crippen molar-refractivity contribution in [2.45, 2.75) is 57.7 Å². The van der Waals surface area contributed by atoms with E-state index in [4.69, 9.17) is 11.6 Å². The van der Waals surface area contributed by atoms with Gasteiger partial charge in [-0.2, -0.15) is 13.2 Å². The van der Waals surface area contributed by atoms with Crippen molar-refractivity contribution in [3.05, 3.63) is 34.2 Å². The topological polar surface area (TPSA) is 57.9 Å². The van der Waals surface area contributed by atoms with Crippen LogP contribution >= 0.6 is 11.6 Å². The Labute approximate surface area is 188 Å². The zero-order valence-electron chi connectivity index (χ0n) is 17.9. The number of aromatic nitrogens is 2. The van der Waals surface area contributed by atoms with Crippen LogP contribution in [0.1, 0.15) is 67.1 Å². The van der Waals surface area contributed by atoms with E-state index in [9.17, 15) is 22.8 Å². The highest BCUT2D eigenvalue weighted by atomic mass is 35.5. The predicted molar refractivity (Wildman–Crippen MR) is 112 cm³/mol. The molecule has 0 atom stereocenters. The largest absolute Gasteiger partial charge is 0.419 e. The molecule has 0 unspecified atom stereocenters. The lowest BCUT2D eigenvalue weighted by molar-refractivity contribution is -0.142. The molecule has 2 aliphatic carbocycles. The van der Waals surface area contributed by atoms with Crippen LogP contribution in [0.4, 0.5) is 13.2 Å². The van der Waals surface area contributed by atoms with Gasteiger partial charge in [-0.25, -0.2) is 4.98 Å². The second-order valence-corrected chi connectivity index (χ2v) is 10.3. The van der Waals surface area contributed by atoms with Crippen LogP contribution in [0.25, 0.3) is 5.65 Å². The summed E-state index contributed by atoms with van der Waals surface area (Å²) >= 11 is 6.36. The molecule has 0 bridgehead atoms. The first-order valence-corrected chi connectivity index (χ1v) is 11.2. The first-order chi connectivity index (χ1) is 14.9. The normalized spacial score (nSPS) is 21.9. The van der Waals surface area contributed by atoms with Crippen molar-refractivity contribution in [3.8, 4) is 0 Å². The molecule has 2 saturated carbocycles. The number of imidazole rings is 1. The smallest absolute Gasteiger partial charge is 0.336 e. The molecule has 3 fully saturated rings. The van der Waals surface area contributed by atoms with Crippen molar-refractivity contribution in [3.63, 3.8) is 0 Å². The Bertz CT molecular complexity index is 1110. The fourth-order valence-electron chi connectivity index (χ4n) is 4.95. The third-order valence-corrected chi connectivity index (χ3v) is 7.16. The summed E-state index contributed by atoms with van der Waals surface area (Å²) in [7, 11) is 0. The molecule has 3 aliphatic rings. The number of piperazine rings is 1. The molecule has 0 N–H and O–H groups in total. The lowest BCUT2D eigenvalue weighted by atomic mass is 9.67. The van der Waals surface area contributed by atoms with E-state index in [-0.39, 0.29) is 40.7 Å². The van der Waals surface area contributed by atoms with Gasteiger partial charge >= 0.3 is 6.18 Å². The minimum Gasteiger partial charge on any atom is -0.336 e. The highest BCUT2D eigenvalue weighted by Crippen LogP contribution is 2.44. The summed E-state index contributed by atoms with van der Waals surface area (Å²) in [5, 5.41) is -0.159. The minimum atomic E-state index is -4.63. The summed E-state index contributed by atoms with van der Waals surface area (Å²) in [4.78, 5) is 32.9. The summed E-state index contributed by atoms with van der Waals surface area (Å²) < 4.78 is 42.3. The molecule has 1 aliphatic heterocycles. The highest BCUT2D eigenvalue weighted by molar-refractivity contribution is 6.33. The minimum absolute atomic E-state index is 0.0697. The van der Waals surface area contributed by atoms with Gasteiger partial charge in [0.15, 0.2) is 11.3 Å². The molecule has 1 saturated heterocycles. The lowest BCUT2D eigenvalue weighted by Gasteiger charge is -2.50. The van der Waals surface area contributed by atoms with Crippen LogP contribution in [0.15, 0.2) is 12.3 Å². The number of halogens is 4. The van der Waals surface area contributed by atoms with Crippen LogP contribution in [-0.2, 0) is 11.0 Å². The summed E-state index contributed by atoms with van der Waals surface area (Å²) in [6.45, 7) is 4.88. The molecule has 5 rings (SSSR count). The molecular weight excluding hydrogens is 445 g/mol. The van der Waals surface area contributed by atoms with E-state index in [0.717, 1.165) is 36.2 Å². The highest BCUT2D eigenvalue weighted by Gasteiger charge is 2.43. The number of fused-ring (bicyclic) bond motifs is 1. The number of rotatable bonds is 3. The summed E-state index contributed by atoms with van der Waals surface area (Å²) in [5.74, 6) is -0.709. The molecule has 0 spiro atoms. The molecule has 3 heterocycles. The maximum atomic E-state index is 13.7. The van der Waals surface area contributed by atoms with Crippen molar-refractivity contribution in [2.24, 2.45) is 5.41 Å². The van der Waals surface area contributed by atoms with Gasteiger partial charge in [-0.1, -0.05) is 25.4 Å². The Balaban J connectivity index is 1.42. The van der Waals surface area contributed by atoms with Gasteiger partial charge < -0.3 is 9.80 Å². The maximum absolute atomic E-state index is 13.7. The molecule has 2 amide bonds. The van der Waals surface area contributed by atoms with Crippen molar-refractivity contribution in [2.75, 3.05) is 19.6 Å². The Morgan fingerprint density at radius 1 is 1.22 bits per heavy atom. The van der Waals surface area contributed by atoms with Gasteiger partial charge in [0.1, 0.15) is 11.7 Å². The fourth-order valence-corrected chi connectivity index (χ4v) is 5.21. The molecule has 6 nitrogen and oxygen atoms in total. The second kappa shape index (κ2) is 7.10. The number of hydrogen-bond acceptors (Lipinski definition) is 3. The van der Waals surface area contributed by atoms with Crippen molar-refractivity contribution >= 4 is 29.1 Å². The van der Waals surface area contributed by atoms with Gasteiger partial charge in [-0.05, 0) is 48.6 Å². The molecule has 0 radical (unpaired) electrons. The van der Waals surface area contributed by atoms with Crippen molar-refractivity contribution in [1.82, 2.24) is 19.2 Å². The predicted octanol–water partition coefficient (Wildman–Crippen LogP) is 4.36. The van der Waals surface area contributed by atoms with Gasteiger partial charge in [-0.3, -0.25) is 14.0 Å². The number of nitrogens with zero attached hydrogens (tertiary/aromatic N) is 4. The molecular formula is C22H24ClF3N4O2. The van der Waals surface area contributed by atoms with Gasteiger partial charge in [0.05, 0.1) is 5.56 Å². The standard InChI is InChI=1S/C22H24ClF3N4O2/c1-21(2)8-14(9-21)29-6-5-28(11-16(29)31)20(32)17-18(23)30-10-13(12-3-4-12)7-15(19(30)27-17)22(24,25)26/h7,10,12,14H,3-6,8-9,11H2,1-2H3. The van der Waals surface area contributed by atoms with Crippen LogP contribution in [-0.4, -0.2) is 56.7 Å². The van der Waals surface area contributed by atoms with E-state index < -0.39 is 23.3 Å². The SMILES string of the molecule is CC1(C)CC(N2CCN(C(=O)c3nc4c(C(F)(F)F)cc(C5CC5)cn4c3Cl)CC2=O)C1. The number of hydrogen-bond donors (Lipinski definition) is 0. The quantitative estimate of drug-likeness (QED) is 0.672. The third-order valence-electron chi connectivity index (χ3n) is 6.80. The average molecular weight is 469 g/mol. The first-order valence-electron chi connectivity index (χ1n) is 10.8. The molecule has 32 heavy (non-hydrogen) atoms. The van der Waals surface area contributed by atoms with Crippen molar-refractivity contribution in [1.29, 1.82) is 0 Å². The van der Waals surface area contributed by atoms with E-state index in [1.807, 2.05) is 4.90 Å². The molecule has 10 heteroatoms. The zero-order valence-corrected chi connectivity index (χ0v) is 18.6. The van der Waals surface area contributed by atoms with Gasteiger partial charge in [-0.15, -0.1) is 0 Å². The second-order valence-electron chi connectivity index (χ2n) is 9.94. The number of alkyl halides is 3. The van der Waals surface area contributed by atoms with Crippen LogP contribution in [0.2, 0.25) is 5.15 Å². The van der Waals surface area contributed by atoms with E-state index >= 15 is 0 Å². The van der Waals surface area contributed by atoms with E-state index in [2.05, 4.69) is 18.8 Å². The van der Waals surface area contributed by atoms with Crippen LogP contribution in [0.3, 0.4) is 0 Å². The molecule has 2 aromatic heterocycles. The molecule has 2 aromatic rings. The number of pyridine rings is 1. The lowest BCUT2D eigenvalue weighted by Crippen LogP contribution is -2.59. The van der Waals surface area contributed by atoms with E-state index in [1.165, 1.54) is 11.1 Å². The van der Waals surface area contributed by atoms with E-state index in [1.54, 1.807) is 0 Å². The van der Waals surface area contributed by atoms with Gasteiger partial charge in [0, 0.05) is 25.3 Å². The summed E-state index contributed by atoms with van der Waals surface area (Å²) in [5.41, 5.74) is -0.794. The Hall–Kier alpha value is -2.29. The van der Waals surface area contributed by atoms with Gasteiger partial charge in [0.25, 0.3) is 5.91 Å². The Kier molecular flexibility index (Phi) is 4.78. The van der Waals surface area contributed by atoms with Crippen molar-refractivity contribution < 1.29 is 22.8 Å². The van der Waals surface area contributed by atoms with E-state index in [0.29, 0.717) is 18.7 Å². The monoisotopic (exact) mass is 468 g/mol. The fraction of sp³-hybridized carbons (Fsp3) is 0.591. The zero-order chi connectivity index (χ0) is 23.0. The van der Waals surface area contributed by atoms with Crippen LogP contribution < -0.4 is 0 Å². The molecule has 0 aromatic carbocycles. The Morgan fingerprint density at radius 3 is 2.47 bits per heavy atom.